The third kappa shape index (κ3) is 8.54. The van der Waals surface area contributed by atoms with Gasteiger partial charge in [0.25, 0.3) is 0 Å². The maximum Gasteiger partial charge on any atom is 0.418 e. The normalized spacial score (nSPS) is 13.5. The zero-order chi connectivity index (χ0) is 25.3. The monoisotopic (exact) mass is 468 g/mol. The molecule has 2 atom stereocenters. The average molecular weight is 469 g/mol. The van der Waals surface area contributed by atoms with Crippen molar-refractivity contribution in [1.29, 1.82) is 0 Å². The number of benzene rings is 2. The van der Waals surface area contributed by atoms with E-state index >= 15 is 0 Å². The van der Waals surface area contributed by atoms with Crippen molar-refractivity contribution in [2.45, 2.75) is 52.6 Å². The largest absolute Gasteiger partial charge is 0.497 e. The minimum Gasteiger partial charge on any atom is -0.497 e. The van der Waals surface area contributed by atoms with Crippen LogP contribution in [0.1, 0.15) is 52.5 Å². The molecule has 184 valence electrons. The minimum atomic E-state index is -0.680. The molecule has 2 aromatic rings. The van der Waals surface area contributed by atoms with E-state index in [1.807, 2.05) is 57.2 Å². The van der Waals surface area contributed by atoms with E-state index in [-0.39, 0.29) is 29.2 Å². The molecule has 0 saturated carbocycles. The second kappa shape index (κ2) is 12.2. The lowest BCUT2D eigenvalue weighted by atomic mass is 9.81. The van der Waals surface area contributed by atoms with E-state index in [1.165, 1.54) is 4.90 Å². The van der Waals surface area contributed by atoms with Gasteiger partial charge in [0.1, 0.15) is 11.4 Å². The molecule has 0 heterocycles. The number of allylic oxidation sites excluding steroid dienone is 1. The Kier molecular flexibility index (Phi) is 9.66. The molecular weight excluding hydrogens is 432 g/mol. The summed E-state index contributed by atoms with van der Waals surface area (Å²) in [4.78, 5) is 25.8. The fraction of sp³-hybridized carbons (Fsp3) is 0.444. The van der Waals surface area contributed by atoms with Gasteiger partial charge in [-0.25, -0.2) is 4.79 Å². The first-order valence-electron chi connectivity index (χ1n) is 11.5. The van der Waals surface area contributed by atoms with Gasteiger partial charge in [-0.15, -0.1) is 0 Å². The van der Waals surface area contributed by atoms with Gasteiger partial charge in [0.15, 0.2) is 0 Å². The fourth-order valence-electron chi connectivity index (χ4n) is 3.83. The Balaban J connectivity index is 2.50. The van der Waals surface area contributed by atoms with Gasteiger partial charge in [0, 0.05) is 23.0 Å². The Morgan fingerprint density at radius 3 is 2.21 bits per heavy atom. The number of hydrogen-bond donors (Lipinski definition) is 0. The summed E-state index contributed by atoms with van der Waals surface area (Å²) in [5.41, 5.74) is 0.887. The van der Waals surface area contributed by atoms with Gasteiger partial charge in [0.05, 0.1) is 12.8 Å². The number of anilines is 1. The van der Waals surface area contributed by atoms with Gasteiger partial charge in [-0.1, -0.05) is 50.3 Å². The van der Waals surface area contributed by atoms with E-state index in [0.717, 1.165) is 5.56 Å². The number of nitro groups is 1. The molecule has 7 nitrogen and oxygen atoms in total. The summed E-state index contributed by atoms with van der Waals surface area (Å²) in [5.74, 6) is 0.470. The number of carbonyl (C=O) groups is 1. The first-order chi connectivity index (χ1) is 16.0. The van der Waals surface area contributed by atoms with Crippen LogP contribution in [-0.2, 0) is 4.74 Å². The van der Waals surface area contributed by atoms with Crippen molar-refractivity contribution in [3.8, 4) is 5.75 Å². The van der Waals surface area contributed by atoms with Crippen LogP contribution in [0.2, 0.25) is 0 Å². The Morgan fingerprint density at radius 2 is 1.71 bits per heavy atom. The molecule has 0 fully saturated rings. The van der Waals surface area contributed by atoms with Crippen LogP contribution in [0.25, 0.3) is 0 Å². The zero-order valence-electron chi connectivity index (χ0n) is 20.9. The van der Waals surface area contributed by atoms with E-state index in [4.69, 9.17) is 9.47 Å². The SMILES string of the molecule is COc1ccc(N(/C=C\[C@@H](c2ccccc2)[C@H](CC(C)C)C[N+](=O)[O-])C(=O)OC(C)(C)C)cc1. The van der Waals surface area contributed by atoms with Crippen molar-refractivity contribution in [2.24, 2.45) is 11.8 Å². The lowest BCUT2D eigenvalue weighted by Gasteiger charge is -2.27. The number of rotatable bonds is 10. The summed E-state index contributed by atoms with van der Waals surface area (Å²) in [5, 5.41) is 11.5. The molecule has 34 heavy (non-hydrogen) atoms. The summed E-state index contributed by atoms with van der Waals surface area (Å²) >= 11 is 0. The molecule has 0 aliphatic rings. The molecule has 0 radical (unpaired) electrons. The van der Waals surface area contributed by atoms with E-state index < -0.39 is 11.7 Å². The first-order valence-corrected chi connectivity index (χ1v) is 11.5. The first kappa shape index (κ1) is 26.9. The van der Waals surface area contributed by atoms with Crippen LogP contribution in [0.15, 0.2) is 66.9 Å². The van der Waals surface area contributed by atoms with Crippen LogP contribution in [0.5, 0.6) is 5.75 Å². The molecule has 0 N–H and O–H groups in total. The lowest BCUT2D eigenvalue weighted by molar-refractivity contribution is -0.489. The Hall–Kier alpha value is -3.35. The predicted octanol–water partition coefficient (Wildman–Crippen LogP) is 6.67. The minimum absolute atomic E-state index is 0.156. The zero-order valence-corrected chi connectivity index (χ0v) is 20.9. The average Bonchev–Trinajstić information content (AvgIpc) is 2.75. The highest BCUT2D eigenvalue weighted by Gasteiger charge is 2.28. The molecule has 7 heteroatoms. The number of nitrogens with zero attached hydrogens (tertiary/aromatic N) is 2. The highest BCUT2D eigenvalue weighted by Crippen LogP contribution is 2.32. The van der Waals surface area contributed by atoms with Crippen LogP contribution >= 0.6 is 0 Å². The standard InChI is InChI=1S/C27H36N2O5/c1-20(2)18-22(19-29(31)32)25(21-10-8-7-9-11-21)16-17-28(26(30)34-27(3,4)5)23-12-14-24(33-6)15-13-23/h7-17,20,22,25H,18-19H2,1-6H3/b17-16-/t22-,25+/m1/s1. The molecule has 0 aliphatic heterocycles. The Labute approximate surface area is 202 Å². The lowest BCUT2D eigenvalue weighted by Crippen LogP contribution is -2.33. The number of amides is 1. The van der Waals surface area contributed by atoms with Gasteiger partial charge in [-0.3, -0.25) is 15.0 Å². The van der Waals surface area contributed by atoms with Crippen LogP contribution in [0, 0.1) is 22.0 Å². The maximum atomic E-state index is 13.1. The Bertz CT molecular complexity index is 949. The van der Waals surface area contributed by atoms with Crippen molar-refractivity contribution < 1.29 is 19.2 Å². The van der Waals surface area contributed by atoms with Gasteiger partial charge in [-0.2, -0.15) is 0 Å². The molecule has 0 aromatic heterocycles. The van der Waals surface area contributed by atoms with Crippen molar-refractivity contribution in [3.63, 3.8) is 0 Å². The van der Waals surface area contributed by atoms with Gasteiger partial charge in [0.2, 0.25) is 6.54 Å². The van der Waals surface area contributed by atoms with Crippen LogP contribution in [0.3, 0.4) is 0 Å². The highest BCUT2D eigenvalue weighted by atomic mass is 16.6. The summed E-state index contributed by atoms with van der Waals surface area (Å²) in [6.07, 6.45) is 3.69. The van der Waals surface area contributed by atoms with Crippen molar-refractivity contribution in [2.75, 3.05) is 18.6 Å². The van der Waals surface area contributed by atoms with Gasteiger partial charge in [-0.05, 0) is 62.9 Å². The van der Waals surface area contributed by atoms with Gasteiger partial charge >= 0.3 is 6.09 Å². The molecule has 0 bridgehead atoms. The summed E-state index contributed by atoms with van der Waals surface area (Å²) in [6.45, 7) is 9.39. The van der Waals surface area contributed by atoms with E-state index in [0.29, 0.717) is 17.9 Å². The summed E-state index contributed by atoms with van der Waals surface area (Å²) < 4.78 is 10.9. The molecule has 2 aromatic carbocycles. The summed E-state index contributed by atoms with van der Waals surface area (Å²) in [6, 6.07) is 16.8. The van der Waals surface area contributed by atoms with E-state index in [2.05, 4.69) is 13.8 Å². The predicted molar refractivity (Wildman–Crippen MR) is 135 cm³/mol. The van der Waals surface area contributed by atoms with E-state index in [1.54, 1.807) is 37.6 Å². The number of hydrogen-bond acceptors (Lipinski definition) is 5. The highest BCUT2D eigenvalue weighted by molar-refractivity contribution is 5.90. The molecule has 0 saturated heterocycles. The van der Waals surface area contributed by atoms with Crippen molar-refractivity contribution in [3.05, 3.63) is 82.6 Å². The molecule has 2 rings (SSSR count). The quantitative estimate of drug-likeness (QED) is 0.287. The topological polar surface area (TPSA) is 81.9 Å². The van der Waals surface area contributed by atoms with Crippen molar-refractivity contribution in [1.82, 2.24) is 0 Å². The molecular formula is C27H36N2O5. The Morgan fingerprint density at radius 1 is 1.09 bits per heavy atom. The smallest absolute Gasteiger partial charge is 0.418 e. The van der Waals surface area contributed by atoms with Crippen molar-refractivity contribution >= 4 is 11.8 Å². The molecule has 0 unspecified atom stereocenters. The number of ether oxygens (including phenoxy) is 2. The molecule has 1 amide bonds. The number of carbonyl (C=O) groups excluding carboxylic acids is 1. The van der Waals surface area contributed by atoms with Gasteiger partial charge < -0.3 is 9.47 Å². The second-order valence-corrected chi connectivity index (χ2v) is 9.73. The third-order valence-corrected chi connectivity index (χ3v) is 5.23. The fourth-order valence-corrected chi connectivity index (χ4v) is 3.83. The van der Waals surface area contributed by atoms with Crippen LogP contribution in [-0.4, -0.2) is 30.3 Å². The third-order valence-electron chi connectivity index (χ3n) is 5.23. The number of methoxy groups -OCH3 is 1. The maximum absolute atomic E-state index is 13.1. The summed E-state index contributed by atoms with van der Waals surface area (Å²) in [7, 11) is 1.58. The van der Waals surface area contributed by atoms with Crippen LogP contribution < -0.4 is 9.64 Å². The van der Waals surface area contributed by atoms with E-state index in [9.17, 15) is 14.9 Å². The van der Waals surface area contributed by atoms with Crippen LogP contribution in [0.4, 0.5) is 10.5 Å². The molecule has 0 aliphatic carbocycles. The second-order valence-electron chi connectivity index (χ2n) is 9.73. The molecule has 0 spiro atoms.